The number of aliphatic hydroxyl groups is 1. The summed E-state index contributed by atoms with van der Waals surface area (Å²) in [6.07, 6.45) is 2.85. The van der Waals surface area contributed by atoms with E-state index >= 15 is 0 Å². The quantitative estimate of drug-likeness (QED) is 0.935. The summed E-state index contributed by atoms with van der Waals surface area (Å²) in [6, 6.07) is 9.81. The predicted octanol–water partition coefficient (Wildman–Crippen LogP) is 1.53. The number of aromatic nitrogens is 2. The van der Waals surface area contributed by atoms with Crippen LogP contribution in [0.4, 0.5) is 0 Å². The second kappa shape index (κ2) is 6.32. The van der Waals surface area contributed by atoms with E-state index in [2.05, 4.69) is 5.10 Å². The fourth-order valence-corrected chi connectivity index (χ4v) is 2.89. The molecule has 0 saturated heterocycles. The fraction of sp³-hybridized carbons (Fsp3) is 0.412. The normalized spacial score (nSPS) is 17.9. The third-order valence-electron chi connectivity index (χ3n) is 4.26. The van der Waals surface area contributed by atoms with Gasteiger partial charge in [-0.05, 0) is 25.0 Å². The number of rotatable bonds is 3. The van der Waals surface area contributed by atoms with Gasteiger partial charge in [0.05, 0.1) is 31.3 Å². The molecule has 2 aromatic rings. The number of carbonyl (C=O) groups is 1. The first-order valence-corrected chi connectivity index (χ1v) is 7.64. The Labute approximate surface area is 130 Å². The smallest absolute Gasteiger partial charge is 0.227 e. The molecule has 1 aromatic carbocycles. The van der Waals surface area contributed by atoms with Crippen LogP contribution in [0.3, 0.4) is 0 Å². The highest BCUT2D eigenvalue weighted by Crippen LogP contribution is 2.18. The van der Waals surface area contributed by atoms with E-state index in [4.69, 9.17) is 0 Å². The number of carbonyl (C=O) groups excluding carboxylic acids is 1. The molecule has 0 bridgehead atoms. The molecular formula is C17H21N3O2. The fourth-order valence-electron chi connectivity index (χ4n) is 2.89. The molecule has 1 amide bonds. The van der Waals surface area contributed by atoms with Crippen LogP contribution in [0.1, 0.15) is 23.2 Å². The molecule has 0 saturated carbocycles. The maximum atomic E-state index is 12.7. The molecule has 5 nitrogen and oxygen atoms in total. The van der Waals surface area contributed by atoms with Gasteiger partial charge < -0.3 is 10.0 Å². The van der Waals surface area contributed by atoms with Gasteiger partial charge in [0, 0.05) is 12.7 Å². The molecule has 22 heavy (non-hydrogen) atoms. The summed E-state index contributed by atoms with van der Waals surface area (Å²) in [4.78, 5) is 14.5. The Morgan fingerprint density at radius 2 is 2.09 bits per heavy atom. The molecule has 116 valence electrons. The van der Waals surface area contributed by atoms with E-state index in [1.54, 1.807) is 11.1 Å². The summed E-state index contributed by atoms with van der Waals surface area (Å²) in [5.41, 5.74) is 3.21. The lowest BCUT2D eigenvalue weighted by Crippen LogP contribution is -2.42. The van der Waals surface area contributed by atoms with Crippen molar-refractivity contribution >= 4 is 5.91 Å². The van der Waals surface area contributed by atoms with Gasteiger partial charge in [-0.2, -0.15) is 5.10 Å². The zero-order chi connectivity index (χ0) is 15.5. The van der Waals surface area contributed by atoms with Crippen LogP contribution < -0.4 is 0 Å². The zero-order valence-electron chi connectivity index (χ0n) is 12.8. The van der Waals surface area contributed by atoms with Crippen molar-refractivity contribution in [3.63, 3.8) is 0 Å². The molecule has 1 aliphatic rings. The molecule has 3 rings (SSSR count). The standard InChI is InChI=1S/C17H21N3O2/c1-13-2-4-14(5-3-13)10-17(22)19-11-15-6-8-18-20(15)9-7-16(19)12-21/h2-6,8,16,21H,7,9-12H2,1H3. The Kier molecular flexibility index (Phi) is 4.24. The van der Waals surface area contributed by atoms with Crippen molar-refractivity contribution in [1.82, 2.24) is 14.7 Å². The average Bonchev–Trinajstić information content (AvgIpc) is 2.88. The van der Waals surface area contributed by atoms with Crippen LogP contribution >= 0.6 is 0 Å². The lowest BCUT2D eigenvalue weighted by molar-refractivity contribution is -0.134. The molecule has 0 aliphatic carbocycles. The minimum atomic E-state index is -0.139. The van der Waals surface area contributed by atoms with E-state index in [1.807, 2.05) is 41.9 Å². The van der Waals surface area contributed by atoms with E-state index in [-0.39, 0.29) is 18.6 Å². The van der Waals surface area contributed by atoms with Gasteiger partial charge in [0.1, 0.15) is 0 Å². The Morgan fingerprint density at radius 3 is 2.82 bits per heavy atom. The average molecular weight is 299 g/mol. The summed E-state index contributed by atoms with van der Waals surface area (Å²) in [5, 5.41) is 13.9. The van der Waals surface area contributed by atoms with E-state index in [0.29, 0.717) is 13.0 Å². The topological polar surface area (TPSA) is 58.4 Å². The lowest BCUT2D eigenvalue weighted by Gasteiger charge is -2.28. The molecule has 1 N–H and O–H groups in total. The number of aliphatic hydroxyl groups excluding tert-OH is 1. The van der Waals surface area contributed by atoms with Crippen LogP contribution in [0.25, 0.3) is 0 Å². The molecule has 0 radical (unpaired) electrons. The Balaban J connectivity index is 1.77. The maximum Gasteiger partial charge on any atom is 0.227 e. The number of nitrogens with zero attached hydrogens (tertiary/aromatic N) is 3. The van der Waals surface area contributed by atoms with Crippen molar-refractivity contribution in [1.29, 1.82) is 0 Å². The third-order valence-corrected chi connectivity index (χ3v) is 4.26. The van der Waals surface area contributed by atoms with E-state index < -0.39 is 0 Å². The first-order valence-electron chi connectivity index (χ1n) is 7.64. The number of amides is 1. The highest BCUT2D eigenvalue weighted by molar-refractivity contribution is 5.79. The van der Waals surface area contributed by atoms with Gasteiger partial charge in [-0.1, -0.05) is 29.8 Å². The molecule has 1 aliphatic heterocycles. The number of fused-ring (bicyclic) bond motifs is 1. The molecule has 2 heterocycles. The zero-order valence-corrected chi connectivity index (χ0v) is 12.8. The lowest BCUT2D eigenvalue weighted by atomic mass is 10.1. The second-order valence-electron chi connectivity index (χ2n) is 5.85. The summed E-state index contributed by atoms with van der Waals surface area (Å²) >= 11 is 0. The van der Waals surface area contributed by atoms with Crippen LogP contribution in [0.2, 0.25) is 0 Å². The summed E-state index contributed by atoms with van der Waals surface area (Å²) in [5.74, 6) is 0.0533. The Hall–Kier alpha value is -2.14. The van der Waals surface area contributed by atoms with Crippen molar-refractivity contribution in [2.45, 2.75) is 38.9 Å². The van der Waals surface area contributed by atoms with E-state index in [1.165, 1.54) is 5.56 Å². The Morgan fingerprint density at radius 1 is 1.32 bits per heavy atom. The summed E-state index contributed by atoms with van der Waals surface area (Å²) in [6.45, 7) is 3.27. The largest absolute Gasteiger partial charge is 0.394 e. The van der Waals surface area contributed by atoms with Gasteiger partial charge >= 0.3 is 0 Å². The molecule has 1 aromatic heterocycles. The van der Waals surface area contributed by atoms with Gasteiger partial charge in [-0.15, -0.1) is 0 Å². The summed E-state index contributed by atoms with van der Waals surface area (Å²) in [7, 11) is 0. The highest BCUT2D eigenvalue weighted by atomic mass is 16.3. The Bertz CT molecular complexity index is 648. The van der Waals surface area contributed by atoms with E-state index in [9.17, 15) is 9.90 Å². The first kappa shape index (κ1) is 14.8. The maximum absolute atomic E-state index is 12.7. The molecule has 1 unspecified atom stereocenters. The van der Waals surface area contributed by atoms with Crippen LogP contribution in [-0.2, 0) is 24.3 Å². The third kappa shape index (κ3) is 3.04. The van der Waals surface area contributed by atoms with E-state index in [0.717, 1.165) is 24.2 Å². The first-order chi connectivity index (χ1) is 10.7. The molecule has 0 spiro atoms. The van der Waals surface area contributed by atoms with Gasteiger partial charge in [-0.3, -0.25) is 9.48 Å². The van der Waals surface area contributed by atoms with Crippen molar-refractivity contribution in [3.05, 3.63) is 53.3 Å². The van der Waals surface area contributed by atoms with Gasteiger partial charge in [0.25, 0.3) is 0 Å². The van der Waals surface area contributed by atoms with Gasteiger partial charge in [-0.25, -0.2) is 0 Å². The van der Waals surface area contributed by atoms with Crippen LogP contribution in [0.15, 0.2) is 36.5 Å². The van der Waals surface area contributed by atoms with Gasteiger partial charge in [0.2, 0.25) is 5.91 Å². The SMILES string of the molecule is Cc1ccc(CC(=O)N2Cc3ccnn3CCC2CO)cc1. The van der Waals surface area contributed by atoms with Crippen molar-refractivity contribution in [2.24, 2.45) is 0 Å². The minimum absolute atomic E-state index is 0.00945. The number of hydrogen-bond acceptors (Lipinski definition) is 3. The number of aryl methyl sites for hydroxylation is 2. The van der Waals surface area contributed by atoms with Crippen LogP contribution in [-0.4, -0.2) is 38.3 Å². The monoisotopic (exact) mass is 299 g/mol. The highest BCUT2D eigenvalue weighted by Gasteiger charge is 2.27. The minimum Gasteiger partial charge on any atom is -0.394 e. The van der Waals surface area contributed by atoms with Gasteiger partial charge in [0.15, 0.2) is 0 Å². The molecule has 0 fully saturated rings. The van der Waals surface area contributed by atoms with Crippen molar-refractivity contribution in [3.8, 4) is 0 Å². The van der Waals surface area contributed by atoms with Crippen LogP contribution in [0, 0.1) is 6.92 Å². The van der Waals surface area contributed by atoms with Crippen molar-refractivity contribution in [2.75, 3.05) is 6.61 Å². The second-order valence-corrected chi connectivity index (χ2v) is 5.85. The molecular weight excluding hydrogens is 278 g/mol. The summed E-state index contributed by atoms with van der Waals surface area (Å²) < 4.78 is 1.92. The predicted molar refractivity (Wildman–Crippen MR) is 83.2 cm³/mol. The number of benzene rings is 1. The number of hydrogen-bond donors (Lipinski definition) is 1. The molecule has 1 atom stereocenters. The van der Waals surface area contributed by atoms with Crippen LogP contribution in [0.5, 0.6) is 0 Å². The molecule has 5 heteroatoms. The van der Waals surface area contributed by atoms with Crippen molar-refractivity contribution < 1.29 is 9.90 Å².